The number of Topliss-reactive ketones (excluding diaryl/α,β-unsaturated/α-hetero) is 1. The molecule has 0 amide bonds. The maximum absolute atomic E-state index is 14.1. The third kappa shape index (κ3) is 4.59. The number of aliphatic hydroxyl groups excluding tert-OH is 1. The summed E-state index contributed by atoms with van der Waals surface area (Å²) in [4.78, 5) is 54.4. The van der Waals surface area contributed by atoms with Crippen LogP contribution in [0.5, 0.6) is 0 Å². The highest BCUT2D eigenvalue weighted by Gasteiger charge is 2.62. The number of fused-ring (bicyclic) bond motifs is 5. The number of carbonyl (C=O) groups excluding carboxylic acids is 3. The van der Waals surface area contributed by atoms with Gasteiger partial charge in [-0.2, -0.15) is 0 Å². The summed E-state index contributed by atoms with van der Waals surface area (Å²) in [5.74, 6) is -3.11. The lowest BCUT2D eigenvalue weighted by molar-refractivity contribution is -0.161. The minimum atomic E-state index is -2.67. The van der Waals surface area contributed by atoms with Crippen LogP contribution < -0.4 is 5.32 Å². The largest absolute Gasteiger partial charge is 0.515 e. The van der Waals surface area contributed by atoms with Gasteiger partial charge < -0.3 is 25.0 Å². The maximum atomic E-state index is 14.1. The third-order valence-corrected chi connectivity index (χ3v) is 9.75. The Morgan fingerprint density at radius 3 is 2.45 bits per heavy atom. The van der Waals surface area contributed by atoms with Crippen molar-refractivity contribution in [1.29, 1.82) is 0 Å². The molecular formula is C36H36N4O7. The first kappa shape index (κ1) is 31.8. The molecule has 6 aliphatic rings. The second kappa shape index (κ2) is 11.6. The fourth-order valence-electron chi connectivity index (χ4n) is 7.12. The number of hydrogen-bond acceptors (Lipinski definition) is 11. The number of ketones is 1. The van der Waals surface area contributed by atoms with E-state index in [-0.39, 0.29) is 29.2 Å². The quantitative estimate of drug-likeness (QED) is 0.219. The van der Waals surface area contributed by atoms with Gasteiger partial charge in [0.05, 0.1) is 60.3 Å². The van der Waals surface area contributed by atoms with Gasteiger partial charge in [0.15, 0.2) is 0 Å². The first-order valence-electron chi connectivity index (χ1n) is 15.4. The van der Waals surface area contributed by atoms with Gasteiger partial charge in [0.1, 0.15) is 0 Å². The molecule has 0 aromatic carbocycles. The first-order valence-corrected chi connectivity index (χ1v) is 15.4. The second-order valence-corrected chi connectivity index (χ2v) is 12.1. The minimum Gasteiger partial charge on any atom is -0.515 e. The summed E-state index contributed by atoms with van der Waals surface area (Å²) in [6.45, 7) is 11.6. The van der Waals surface area contributed by atoms with Gasteiger partial charge in [0.2, 0.25) is 5.78 Å². The zero-order valence-electron chi connectivity index (χ0n) is 27.1. The number of methoxy groups -OCH3 is 2. The standard InChI is InChI=1S/C36H36N4O7/c1-8-19-16(3)23-12-24-17(4)21(10-11-29(42)46-6)32(39-24)31-33-30(34(43)36(31,45)35(44)47-7)18(5)25(40-33)13-27-20(9-2)22(15-41)28(38-27)14-26(19)37-23/h8,12-15,17,21,39,41,45H,1,9-11H2,2-7H3. The molecule has 47 heavy (non-hydrogen) atoms. The number of esters is 2. The number of carbonyl (C=O) groups is 3. The van der Waals surface area contributed by atoms with Gasteiger partial charge in [0.25, 0.3) is 5.60 Å². The lowest BCUT2D eigenvalue weighted by Gasteiger charge is -2.24. The molecule has 3 atom stereocenters. The molecule has 1 aliphatic carbocycles. The monoisotopic (exact) mass is 636 g/mol. The highest BCUT2D eigenvalue weighted by atomic mass is 16.5. The smallest absolute Gasteiger partial charge is 0.351 e. The zero-order valence-corrected chi connectivity index (χ0v) is 27.1. The Hall–Kier alpha value is -5.16. The maximum Gasteiger partial charge on any atom is 0.351 e. The Morgan fingerprint density at radius 2 is 1.81 bits per heavy atom. The van der Waals surface area contributed by atoms with Gasteiger partial charge in [-0.1, -0.05) is 26.5 Å². The molecule has 5 heterocycles. The molecule has 8 bridgehead atoms. The van der Waals surface area contributed by atoms with E-state index in [4.69, 9.17) is 24.5 Å². The fraction of sp³-hybridized carbons (Fsp3) is 0.333. The number of rotatable bonds is 6. The van der Waals surface area contributed by atoms with Crippen LogP contribution >= 0.6 is 0 Å². The Morgan fingerprint density at radius 1 is 1.06 bits per heavy atom. The summed E-state index contributed by atoms with van der Waals surface area (Å²) in [5, 5.41) is 25.8. The van der Waals surface area contributed by atoms with Crippen LogP contribution in [0.3, 0.4) is 0 Å². The number of nitrogens with zero attached hydrogens (tertiary/aromatic N) is 3. The van der Waals surface area contributed by atoms with Gasteiger partial charge >= 0.3 is 11.9 Å². The van der Waals surface area contributed by atoms with Gasteiger partial charge in [0, 0.05) is 46.4 Å². The van der Waals surface area contributed by atoms with Crippen molar-refractivity contribution < 1.29 is 34.1 Å². The summed E-state index contributed by atoms with van der Waals surface area (Å²) in [7, 11) is 2.42. The molecule has 5 aliphatic heterocycles. The van der Waals surface area contributed by atoms with Gasteiger partial charge in [-0.05, 0) is 61.6 Å². The molecule has 0 spiro atoms. The Kier molecular flexibility index (Phi) is 7.83. The van der Waals surface area contributed by atoms with Crippen molar-refractivity contribution in [1.82, 2.24) is 5.32 Å². The fourth-order valence-corrected chi connectivity index (χ4v) is 7.12. The summed E-state index contributed by atoms with van der Waals surface area (Å²) in [6.07, 6.45) is 9.08. The van der Waals surface area contributed by atoms with Gasteiger partial charge in [-0.15, -0.1) is 0 Å². The number of aliphatic imine (C=N–C) groups is 3. The van der Waals surface area contributed by atoms with Crippen LogP contribution in [0.4, 0.5) is 0 Å². The van der Waals surface area contributed by atoms with E-state index in [0.29, 0.717) is 63.9 Å². The SMILES string of the molecule is C=CC1=C(C)C2=NC1=CC1=NC(=C(CC)C1=CO)C=C1N=C3C(=C1C)C(=O)C(O)(C(=O)OC)C3=C1NC(=C2)C(C)C1CCC(=O)OC. The number of ether oxygens (including phenoxy) is 2. The summed E-state index contributed by atoms with van der Waals surface area (Å²) < 4.78 is 9.93. The molecular weight excluding hydrogens is 600 g/mol. The van der Waals surface area contributed by atoms with E-state index >= 15 is 0 Å². The van der Waals surface area contributed by atoms with Gasteiger partial charge in [-0.25, -0.2) is 19.8 Å². The summed E-state index contributed by atoms with van der Waals surface area (Å²) in [6, 6.07) is 0. The van der Waals surface area contributed by atoms with Crippen molar-refractivity contribution in [3.63, 3.8) is 0 Å². The molecule has 0 aromatic rings. The molecule has 1 saturated carbocycles. The number of aliphatic hydroxyl groups is 2. The average molecular weight is 637 g/mol. The predicted molar refractivity (Wildman–Crippen MR) is 176 cm³/mol. The Balaban J connectivity index is 1.70. The lowest BCUT2D eigenvalue weighted by Crippen LogP contribution is -2.47. The van der Waals surface area contributed by atoms with Crippen LogP contribution in [0, 0.1) is 11.8 Å². The molecule has 2 fully saturated rings. The van der Waals surface area contributed by atoms with E-state index in [1.165, 1.54) is 7.11 Å². The van der Waals surface area contributed by atoms with E-state index in [1.807, 2.05) is 32.9 Å². The van der Waals surface area contributed by atoms with E-state index in [1.54, 1.807) is 19.1 Å². The van der Waals surface area contributed by atoms with E-state index < -0.39 is 29.2 Å². The molecule has 1 saturated heterocycles. The molecule has 11 nitrogen and oxygen atoms in total. The molecule has 6 rings (SSSR count). The van der Waals surface area contributed by atoms with Crippen LogP contribution in [0.15, 0.2) is 120 Å². The molecule has 3 unspecified atom stereocenters. The van der Waals surface area contributed by atoms with Crippen LogP contribution in [-0.2, 0) is 23.9 Å². The lowest BCUT2D eigenvalue weighted by atomic mass is 9.83. The molecule has 0 aromatic heterocycles. The average Bonchev–Trinajstić information content (AvgIpc) is 3.79. The highest BCUT2D eigenvalue weighted by Crippen LogP contribution is 2.49. The zero-order chi connectivity index (χ0) is 33.9. The third-order valence-electron chi connectivity index (χ3n) is 9.75. The summed E-state index contributed by atoms with van der Waals surface area (Å²) >= 11 is 0. The number of hydrogen-bond donors (Lipinski definition) is 3. The first-order chi connectivity index (χ1) is 22.4. The van der Waals surface area contributed by atoms with Crippen LogP contribution in [0.25, 0.3) is 0 Å². The van der Waals surface area contributed by atoms with E-state index in [9.17, 15) is 24.6 Å². The predicted octanol–water partition coefficient (Wildman–Crippen LogP) is 4.49. The van der Waals surface area contributed by atoms with Crippen molar-refractivity contribution in [2.75, 3.05) is 14.2 Å². The van der Waals surface area contributed by atoms with E-state index in [0.717, 1.165) is 30.1 Å². The van der Waals surface area contributed by atoms with Crippen molar-refractivity contribution in [2.45, 2.75) is 52.6 Å². The molecule has 11 heteroatoms. The van der Waals surface area contributed by atoms with Crippen LogP contribution in [0.2, 0.25) is 0 Å². The molecule has 3 N–H and O–H groups in total. The van der Waals surface area contributed by atoms with Crippen molar-refractivity contribution in [3.05, 3.63) is 105 Å². The van der Waals surface area contributed by atoms with Crippen LogP contribution in [-0.4, -0.2) is 64.9 Å². The van der Waals surface area contributed by atoms with Crippen molar-refractivity contribution in [3.8, 4) is 0 Å². The number of nitrogens with one attached hydrogen (secondary N) is 1. The normalized spacial score (nSPS) is 27.1. The topological polar surface area (TPSA) is 159 Å². The minimum absolute atomic E-state index is 0.00597. The molecule has 242 valence electrons. The highest BCUT2D eigenvalue weighted by molar-refractivity contribution is 6.46. The van der Waals surface area contributed by atoms with Crippen molar-refractivity contribution >= 4 is 34.9 Å². The Labute approximate surface area is 272 Å². The molecule has 0 radical (unpaired) electrons. The van der Waals surface area contributed by atoms with Crippen LogP contribution in [0.1, 0.15) is 47.0 Å². The summed E-state index contributed by atoms with van der Waals surface area (Å²) in [5.41, 5.74) is 4.83. The second-order valence-electron chi connectivity index (χ2n) is 12.1. The van der Waals surface area contributed by atoms with Crippen molar-refractivity contribution in [2.24, 2.45) is 26.8 Å². The number of allylic oxidation sites excluding steroid dienone is 10. The van der Waals surface area contributed by atoms with E-state index in [2.05, 4.69) is 11.9 Å². The Bertz CT molecular complexity index is 1940. The van der Waals surface area contributed by atoms with Gasteiger partial charge in [-0.3, -0.25) is 9.59 Å².